The van der Waals surface area contributed by atoms with Crippen molar-refractivity contribution >= 4 is 38.8 Å². The van der Waals surface area contributed by atoms with Gasteiger partial charge in [0.25, 0.3) is 15.9 Å². The van der Waals surface area contributed by atoms with Crippen LogP contribution in [0.4, 0.5) is 5.69 Å². The Hall–Kier alpha value is -3.91. The third kappa shape index (κ3) is 4.21. The van der Waals surface area contributed by atoms with E-state index in [1.165, 1.54) is 10.2 Å². The molecule has 4 aromatic rings. The summed E-state index contributed by atoms with van der Waals surface area (Å²) in [6.45, 7) is 4.33. The molecule has 178 valence electrons. The Morgan fingerprint density at radius 3 is 2.23 bits per heavy atom. The van der Waals surface area contributed by atoms with Crippen molar-refractivity contribution in [1.29, 1.82) is 0 Å². The van der Waals surface area contributed by atoms with Crippen LogP contribution in [0.2, 0.25) is 0 Å². The highest BCUT2D eigenvalue weighted by molar-refractivity contribution is 7.90. The molecule has 35 heavy (non-hydrogen) atoms. The fourth-order valence-corrected chi connectivity index (χ4v) is 5.83. The second-order valence-electron chi connectivity index (χ2n) is 8.66. The van der Waals surface area contributed by atoms with Crippen LogP contribution < -0.4 is 4.90 Å². The summed E-state index contributed by atoms with van der Waals surface area (Å²) < 4.78 is 27.8. The average molecular weight is 488 g/mol. The number of piperazine rings is 1. The van der Waals surface area contributed by atoms with E-state index in [1.54, 1.807) is 30.3 Å². The number of fused-ring (bicyclic) bond motifs is 1. The molecule has 1 aromatic heterocycles. The van der Waals surface area contributed by atoms with Crippen molar-refractivity contribution in [2.75, 3.05) is 31.1 Å². The zero-order valence-electron chi connectivity index (χ0n) is 19.3. The molecule has 1 amide bonds. The Morgan fingerprint density at radius 2 is 1.57 bits per heavy atom. The summed E-state index contributed by atoms with van der Waals surface area (Å²) in [5.74, 6) is 0.0160. The Bertz CT molecular complexity index is 1500. The second kappa shape index (κ2) is 9.03. The molecule has 1 aliphatic heterocycles. The second-order valence-corrected chi connectivity index (χ2v) is 10.5. The fourth-order valence-electron chi connectivity index (χ4n) is 4.46. The van der Waals surface area contributed by atoms with Crippen LogP contribution >= 0.6 is 0 Å². The first kappa shape index (κ1) is 22.9. The number of aldehydes is 1. The van der Waals surface area contributed by atoms with Crippen LogP contribution in [0.3, 0.4) is 0 Å². The number of aryl methyl sites for hydroxylation is 1. The average Bonchev–Trinajstić information content (AvgIpc) is 3.28. The van der Waals surface area contributed by atoms with Crippen molar-refractivity contribution in [1.82, 2.24) is 8.87 Å². The van der Waals surface area contributed by atoms with E-state index in [9.17, 15) is 18.0 Å². The van der Waals surface area contributed by atoms with Crippen LogP contribution in [-0.4, -0.2) is 55.7 Å². The van der Waals surface area contributed by atoms with E-state index in [0.717, 1.165) is 11.3 Å². The van der Waals surface area contributed by atoms with Gasteiger partial charge in [0, 0.05) is 54.6 Å². The monoisotopic (exact) mass is 487 g/mol. The minimum atomic E-state index is -3.85. The predicted octanol–water partition coefficient (Wildman–Crippen LogP) is 3.96. The zero-order valence-corrected chi connectivity index (χ0v) is 20.1. The summed E-state index contributed by atoms with van der Waals surface area (Å²) >= 11 is 0. The quantitative estimate of drug-likeness (QED) is 0.398. The van der Waals surface area contributed by atoms with Gasteiger partial charge < -0.3 is 9.80 Å². The molecule has 0 spiro atoms. The summed E-state index contributed by atoms with van der Waals surface area (Å²) in [6, 6.07) is 21.3. The third-order valence-electron chi connectivity index (χ3n) is 6.44. The minimum absolute atomic E-state index is 0.0160. The number of aromatic nitrogens is 1. The number of hydrogen-bond acceptors (Lipinski definition) is 5. The molecule has 8 heteroatoms. The minimum Gasteiger partial charge on any atom is -0.368 e. The van der Waals surface area contributed by atoms with Gasteiger partial charge in [-0.05, 0) is 49.4 Å². The standard InChI is InChI=1S/C27H25N3O4S/c1-20-7-10-24(11-8-20)35(33,34)30-18-22(19-31)25-17-23(9-12-26(25)30)28-13-15-29(16-14-28)27(32)21-5-3-2-4-6-21/h2-12,17-19H,13-16H2,1H3. The van der Waals surface area contributed by atoms with Crippen LogP contribution in [0.15, 0.2) is 83.9 Å². The number of amides is 1. The number of rotatable bonds is 5. The van der Waals surface area contributed by atoms with E-state index in [4.69, 9.17) is 0 Å². The Labute approximate surface area is 204 Å². The molecule has 1 aliphatic rings. The summed E-state index contributed by atoms with van der Waals surface area (Å²) in [6.07, 6.45) is 2.07. The largest absolute Gasteiger partial charge is 0.368 e. The lowest BCUT2D eigenvalue weighted by molar-refractivity contribution is 0.0746. The van der Waals surface area contributed by atoms with Gasteiger partial charge in [-0.2, -0.15) is 0 Å². The summed E-state index contributed by atoms with van der Waals surface area (Å²) in [5.41, 5.74) is 3.29. The van der Waals surface area contributed by atoms with Crippen molar-refractivity contribution in [2.24, 2.45) is 0 Å². The lowest BCUT2D eigenvalue weighted by Crippen LogP contribution is -2.48. The highest BCUT2D eigenvalue weighted by Crippen LogP contribution is 2.30. The van der Waals surface area contributed by atoms with Gasteiger partial charge in [0.1, 0.15) is 0 Å². The van der Waals surface area contributed by atoms with Crippen molar-refractivity contribution in [3.63, 3.8) is 0 Å². The molecular formula is C27H25N3O4S. The van der Waals surface area contributed by atoms with Crippen LogP contribution in [0.5, 0.6) is 0 Å². The molecule has 0 radical (unpaired) electrons. The molecule has 0 atom stereocenters. The molecule has 1 fully saturated rings. The lowest BCUT2D eigenvalue weighted by atomic mass is 10.1. The number of carbonyl (C=O) groups is 2. The fraction of sp³-hybridized carbons (Fsp3) is 0.185. The normalized spacial score (nSPS) is 14.3. The number of carbonyl (C=O) groups excluding carboxylic acids is 2. The summed E-state index contributed by atoms with van der Waals surface area (Å²) in [4.78, 5) is 28.7. The van der Waals surface area contributed by atoms with E-state index >= 15 is 0 Å². The van der Waals surface area contributed by atoms with Crippen LogP contribution in [0.25, 0.3) is 10.9 Å². The van der Waals surface area contributed by atoms with E-state index in [-0.39, 0.29) is 10.8 Å². The molecule has 2 heterocycles. The first-order chi connectivity index (χ1) is 16.9. The maximum atomic E-state index is 13.3. The van der Waals surface area contributed by atoms with Crippen molar-refractivity contribution in [3.8, 4) is 0 Å². The van der Waals surface area contributed by atoms with Gasteiger partial charge in [0.05, 0.1) is 10.4 Å². The van der Waals surface area contributed by atoms with Gasteiger partial charge in [-0.15, -0.1) is 0 Å². The molecule has 3 aromatic carbocycles. The van der Waals surface area contributed by atoms with E-state index in [0.29, 0.717) is 54.5 Å². The molecule has 0 unspecified atom stereocenters. The number of anilines is 1. The highest BCUT2D eigenvalue weighted by atomic mass is 32.2. The molecule has 0 N–H and O–H groups in total. The van der Waals surface area contributed by atoms with E-state index in [1.807, 2.05) is 54.3 Å². The van der Waals surface area contributed by atoms with Crippen LogP contribution in [0.1, 0.15) is 26.3 Å². The maximum Gasteiger partial charge on any atom is 0.268 e. The highest BCUT2D eigenvalue weighted by Gasteiger charge is 2.25. The van der Waals surface area contributed by atoms with Crippen LogP contribution in [0, 0.1) is 6.92 Å². The number of hydrogen-bond donors (Lipinski definition) is 0. The molecule has 0 saturated carbocycles. The van der Waals surface area contributed by atoms with Gasteiger partial charge in [0.15, 0.2) is 6.29 Å². The molecular weight excluding hydrogens is 462 g/mol. The molecule has 5 rings (SSSR count). The Morgan fingerprint density at radius 1 is 0.886 bits per heavy atom. The molecule has 7 nitrogen and oxygen atoms in total. The smallest absolute Gasteiger partial charge is 0.268 e. The summed E-state index contributed by atoms with van der Waals surface area (Å²) in [7, 11) is -3.85. The van der Waals surface area contributed by atoms with E-state index < -0.39 is 10.0 Å². The lowest BCUT2D eigenvalue weighted by Gasteiger charge is -2.36. The zero-order chi connectivity index (χ0) is 24.6. The predicted molar refractivity (Wildman–Crippen MR) is 136 cm³/mol. The maximum absolute atomic E-state index is 13.3. The van der Waals surface area contributed by atoms with Crippen LogP contribution in [-0.2, 0) is 10.0 Å². The summed E-state index contributed by atoms with van der Waals surface area (Å²) in [5, 5.41) is 0.580. The Kier molecular flexibility index (Phi) is 5.90. The SMILES string of the molecule is Cc1ccc(S(=O)(=O)n2cc(C=O)c3cc(N4CCN(C(=O)c5ccccc5)CC4)ccc32)cc1. The van der Waals surface area contributed by atoms with Gasteiger partial charge in [-0.3, -0.25) is 9.59 Å². The topological polar surface area (TPSA) is 79.7 Å². The number of benzene rings is 3. The molecule has 1 saturated heterocycles. The first-order valence-corrected chi connectivity index (χ1v) is 12.8. The van der Waals surface area contributed by atoms with Gasteiger partial charge in [-0.25, -0.2) is 12.4 Å². The molecule has 0 bridgehead atoms. The molecule has 0 aliphatic carbocycles. The Balaban J connectivity index is 1.41. The van der Waals surface area contributed by atoms with Crippen molar-refractivity contribution in [2.45, 2.75) is 11.8 Å². The van der Waals surface area contributed by atoms with Gasteiger partial charge in [0.2, 0.25) is 0 Å². The number of nitrogens with zero attached hydrogens (tertiary/aromatic N) is 3. The van der Waals surface area contributed by atoms with Crippen molar-refractivity contribution < 1.29 is 18.0 Å². The van der Waals surface area contributed by atoms with Gasteiger partial charge >= 0.3 is 0 Å². The third-order valence-corrected chi connectivity index (χ3v) is 8.13. The van der Waals surface area contributed by atoms with E-state index in [2.05, 4.69) is 4.90 Å². The van der Waals surface area contributed by atoms with Gasteiger partial charge in [-0.1, -0.05) is 35.9 Å². The van der Waals surface area contributed by atoms with Crippen molar-refractivity contribution in [3.05, 3.63) is 95.7 Å². The first-order valence-electron chi connectivity index (χ1n) is 11.4.